The lowest BCUT2D eigenvalue weighted by atomic mass is 10.3. The first-order valence-corrected chi connectivity index (χ1v) is 4.77. The van der Waals surface area contributed by atoms with E-state index in [0.29, 0.717) is 0 Å². The van der Waals surface area contributed by atoms with E-state index in [2.05, 4.69) is 13.2 Å². The molecule has 0 unspecified atom stereocenters. The van der Waals surface area contributed by atoms with Gasteiger partial charge in [-0.05, 0) is 27.7 Å². The highest BCUT2D eigenvalue weighted by atomic mass is 16.4. The molecule has 0 bridgehead atoms. The Morgan fingerprint density at radius 1 is 0.812 bits per heavy atom. The Bertz CT molecular complexity index is 207. The van der Waals surface area contributed by atoms with Crippen LogP contribution in [0.25, 0.3) is 0 Å². The van der Waals surface area contributed by atoms with Crippen molar-refractivity contribution in [3.05, 3.63) is 24.3 Å². The fourth-order valence-corrected chi connectivity index (χ4v) is 0.214. The molecule has 0 fully saturated rings. The maximum absolute atomic E-state index is 9.64. The Hall–Kier alpha value is -1.58. The summed E-state index contributed by atoms with van der Waals surface area (Å²) in [6.07, 6.45) is -0.593. The van der Waals surface area contributed by atoms with Crippen molar-refractivity contribution in [1.82, 2.24) is 0 Å². The van der Waals surface area contributed by atoms with Crippen LogP contribution in [0.1, 0.15) is 40.5 Å². The molecule has 0 aromatic rings. The van der Waals surface area contributed by atoms with Gasteiger partial charge in [-0.1, -0.05) is 11.1 Å². The first-order valence-electron chi connectivity index (χ1n) is 4.77. The van der Waals surface area contributed by atoms with E-state index in [1.54, 1.807) is 0 Å². The van der Waals surface area contributed by atoms with Crippen molar-refractivity contribution in [2.45, 2.75) is 40.5 Å². The summed E-state index contributed by atoms with van der Waals surface area (Å²) >= 11 is 0. The lowest BCUT2D eigenvalue weighted by Gasteiger charge is -1.85. The molecule has 0 amide bonds. The molecule has 0 heterocycles. The van der Waals surface area contributed by atoms with Gasteiger partial charge in [0.15, 0.2) is 0 Å². The van der Waals surface area contributed by atoms with Gasteiger partial charge in [0.25, 0.3) is 0 Å². The Morgan fingerprint density at radius 3 is 1.00 bits per heavy atom. The Morgan fingerprint density at radius 2 is 0.938 bits per heavy atom. The predicted octanol–water partition coefficient (Wildman–Crippen LogP) is 3.10. The minimum Gasteiger partial charge on any atom is -0.481 e. The molecule has 0 saturated heterocycles. The average Bonchev–Trinajstić information content (AvgIpc) is 1.98. The SMILES string of the molecule is C=C(C)C.C=C(C)C.O=C(O)CCC(=O)O. The summed E-state index contributed by atoms with van der Waals surface area (Å²) < 4.78 is 0. The van der Waals surface area contributed by atoms with Crippen molar-refractivity contribution in [2.75, 3.05) is 0 Å². The van der Waals surface area contributed by atoms with Crippen molar-refractivity contribution in [3.8, 4) is 0 Å². The van der Waals surface area contributed by atoms with E-state index in [1.165, 1.54) is 11.1 Å². The average molecular weight is 230 g/mol. The van der Waals surface area contributed by atoms with Crippen LogP contribution in [0.3, 0.4) is 0 Å². The summed E-state index contributed by atoms with van der Waals surface area (Å²) in [4.78, 5) is 19.3. The number of allylic oxidation sites excluding steroid dienone is 2. The second-order valence-electron chi connectivity index (χ2n) is 3.70. The highest BCUT2D eigenvalue weighted by Gasteiger charge is 2.00. The molecule has 2 N–H and O–H groups in total. The molecule has 0 atom stereocenters. The normalized spacial score (nSPS) is 7.50. The van der Waals surface area contributed by atoms with Crippen molar-refractivity contribution in [1.29, 1.82) is 0 Å². The lowest BCUT2D eigenvalue weighted by Crippen LogP contribution is -2.00. The molecule has 4 nitrogen and oxygen atoms in total. The Kier molecular flexibility index (Phi) is 16.7. The van der Waals surface area contributed by atoms with Crippen molar-refractivity contribution < 1.29 is 19.8 Å². The van der Waals surface area contributed by atoms with Crippen molar-refractivity contribution >= 4 is 11.9 Å². The van der Waals surface area contributed by atoms with E-state index >= 15 is 0 Å². The van der Waals surface area contributed by atoms with Gasteiger partial charge in [0, 0.05) is 0 Å². The largest absolute Gasteiger partial charge is 0.481 e. The number of rotatable bonds is 3. The van der Waals surface area contributed by atoms with Gasteiger partial charge in [-0.15, -0.1) is 13.2 Å². The van der Waals surface area contributed by atoms with E-state index < -0.39 is 11.9 Å². The standard InChI is InChI=1S/C4H6O4.2C4H8/c5-3(6)1-2-4(7)8;2*1-4(2)3/h1-2H2,(H,5,6)(H,7,8);2*1H2,2-3H3. The molecule has 4 heteroatoms. The molecule has 0 saturated carbocycles. The summed E-state index contributed by atoms with van der Waals surface area (Å²) in [5.41, 5.74) is 2.33. The Balaban J connectivity index is -0.000000179. The number of carboxylic acid groups (broad SMARTS) is 2. The molecule has 0 rings (SSSR count). The number of carbonyl (C=O) groups is 2. The number of carboxylic acids is 2. The summed E-state index contributed by atoms with van der Waals surface area (Å²) in [5, 5.41) is 15.8. The quantitative estimate of drug-likeness (QED) is 0.730. The molecule has 0 aliphatic heterocycles. The van der Waals surface area contributed by atoms with Crippen LogP contribution >= 0.6 is 0 Å². The molecular formula is C12H22O4. The van der Waals surface area contributed by atoms with Crippen LogP contribution in [0.5, 0.6) is 0 Å². The third kappa shape index (κ3) is 138. The summed E-state index contributed by atoms with van der Waals surface area (Å²) in [7, 11) is 0. The fourth-order valence-electron chi connectivity index (χ4n) is 0.214. The first-order chi connectivity index (χ1) is 7.09. The van der Waals surface area contributed by atoms with Gasteiger partial charge < -0.3 is 10.2 Å². The van der Waals surface area contributed by atoms with E-state index in [4.69, 9.17) is 10.2 Å². The van der Waals surface area contributed by atoms with Crippen LogP contribution in [-0.2, 0) is 9.59 Å². The Labute approximate surface area is 97.3 Å². The molecule has 0 aromatic carbocycles. The van der Waals surface area contributed by atoms with E-state index in [1.807, 2.05) is 27.7 Å². The molecule has 94 valence electrons. The third-order valence-corrected chi connectivity index (χ3v) is 0.553. The van der Waals surface area contributed by atoms with Crippen LogP contribution in [0.15, 0.2) is 24.3 Å². The molecule has 0 aliphatic carbocycles. The summed E-state index contributed by atoms with van der Waals surface area (Å²) in [6.45, 7) is 15.0. The summed E-state index contributed by atoms with van der Waals surface area (Å²) in [5.74, 6) is -2.15. The maximum atomic E-state index is 9.64. The summed E-state index contributed by atoms with van der Waals surface area (Å²) in [6, 6.07) is 0. The van der Waals surface area contributed by atoms with Gasteiger partial charge in [0.1, 0.15) is 0 Å². The van der Waals surface area contributed by atoms with Gasteiger partial charge in [-0.25, -0.2) is 0 Å². The molecule has 16 heavy (non-hydrogen) atoms. The van der Waals surface area contributed by atoms with Gasteiger partial charge in [-0.3, -0.25) is 9.59 Å². The number of aliphatic carboxylic acids is 2. The minimum absolute atomic E-state index is 0.296. The zero-order chi connectivity index (χ0) is 13.7. The van der Waals surface area contributed by atoms with Gasteiger partial charge >= 0.3 is 11.9 Å². The topological polar surface area (TPSA) is 74.6 Å². The second-order valence-corrected chi connectivity index (χ2v) is 3.70. The van der Waals surface area contributed by atoms with Gasteiger partial charge in [0.05, 0.1) is 12.8 Å². The van der Waals surface area contributed by atoms with Gasteiger partial charge in [-0.2, -0.15) is 0 Å². The maximum Gasteiger partial charge on any atom is 0.303 e. The van der Waals surface area contributed by atoms with Gasteiger partial charge in [0.2, 0.25) is 0 Å². The van der Waals surface area contributed by atoms with Crippen molar-refractivity contribution in [3.63, 3.8) is 0 Å². The third-order valence-electron chi connectivity index (χ3n) is 0.553. The highest BCUT2D eigenvalue weighted by molar-refractivity contribution is 5.75. The highest BCUT2D eigenvalue weighted by Crippen LogP contribution is 1.86. The van der Waals surface area contributed by atoms with E-state index in [9.17, 15) is 9.59 Å². The van der Waals surface area contributed by atoms with Crippen LogP contribution in [0, 0.1) is 0 Å². The zero-order valence-corrected chi connectivity index (χ0v) is 10.5. The molecule has 0 spiro atoms. The van der Waals surface area contributed by atoms with Crippen LogP contribution in [0.2, 0.25) is 0 Å². The lowest BCUT2D eigenvalue weighted by molar-refractivity contribution is -0.143. The molecule has 0 aromatic heterocycles. The van der Waals surface area contributed by atoms with E-state index in [0.717, 1.165) is 0 Å². The van der Waals surface area contributed by atoms with E-state index in [-0.39, 0.29) is 12.8 Å². The number of hydrogen-bond donors (Lipinski definition) is 2. The van der Waals surface area contributed by atoms with Crippen LogP contribution < -0.4 is 0 Å². The first kappa shape index (κ1) is 19.9. The number of hydrogen-bond acceptors (Lipinski definition) is 2. The monoisotopic (exact) mass is 230 g/mol. The van der Waals surface area contributed by atoms with Crippen molar-refractivity contribution in [2.24, 2.45) is 0 Å². The fraction of sp³-hybridized carbons (Fsp3) is 0.500. The molecule has 0 radical (unpaired) electrons. The van der Waals surface area contributed by atoms with Crippen LogP contribution in [-0.4, -0.2) is 22.2 Å². The van der Waals surface area contributed by atoms with Crippen LogP contribution in [0.4, 0.5) is 0 Å². The predicted molar refractivity (Wildman–Crippen MR) is 65.5 cm³/mol. The zero-order valence-electron chi connectivity index (χ0n) is 10.5. The molecule has 0 aliphatic rings. The smallest absolute Gasteiger partial charge is 0.303 e. The second kappa shape index (κ2) is 13.4. The molecular weight excluding hydrogens is 208 g/mol. The minimum atomic E-state index is -1.08.